The number of likely N-dealkylation sites (tertiary alicyclic amines) is 1. The van der Waals surface area contributed by atoms with Crippen molar-refractivity contribution in [3.63, 3.8) is 0 Å². The number of methoxy groups -OCH3 is 1. The first-order valence-corrected chi connectivity index (χ1v) is 14.5. The molecule has 1 aromatic rings. The number of amides is 1. The van der Waals surface area contributed by atoms with Gasteiger partial charge in [0.1, 0.15) is 35.6 Å². The molecule has 3 saturated heterocycles. The van der Waals surface area contributed by atoms with Gasteiger partial charge in [-0.05, 0) is 51.1 Å². The zero-order valence-electron chi connectivity index (χ0n) is 22.0. The van der Waals surface area contributed by atoms with Crippen molar-refractivity contribution in [1.29, 1.82) is 0 Å². The van der Waals surface area contributed by atoms with Gasteiger partial charge >= 0.3 is 0 Å². The number of carbonyl (C=O) groups is 1. The number of nitrogens with zero attached hydrogens (tertiary/aromatic N) is 1. The molecule has 3 aliphatic heterocycles. The van der Waals surface area contributed by atoms with E-state index in [-0.39, 0.29) is 24.4 Å². The maximum absolute atomic E-state index is 13.4. The second-order valence-electron chi connectivity index (χ2n) is 10.1. The van der Waals surface area contributed by atoms with Crippen LogP contribution in [0.25, 0.3) is 0 Å². The molecule has 3 aliphatic rings. The van der Waals surface area contributed by atoms with Crippen LogP contribution >= 0.6 is 35.8 Å². The fourth-order valence-electron chi connectivity index (χ4n) is 5.63. The van der Waals surface area contributed by atoms with Gasteiger partial charge < -0.3 is 29.4 Å². The van der Waals surface area contributed by atoms with E-state index >= 15 is 0 Å². The molecule has 3 fully saturated rings. The molecule has 1 aromatic carbocycles. The molecule has 10 atom stereocenters. The largest absolute Gasteiger partial charge is 0.497 e. The minimum absolute atomic E-state index is 0. The number of likely N-dealkylation sites (N-methyl/N-ethyl adjacent to an activating group) is 1. The highest BCUT2D eigenvalue weighted by molar-refractivity contribution is 7.99. The van der Waals surface area contributed by atoms with Crippen LogP contribution in [0.1, 0.15) is 45.0 Å². The highest BCUT2D eigenvalue weighted by Crippen LogP contribution is 2.42. The Balaban J connectivity index is 0.00000380. The predicted molar refractivity (Wildman–Crippen MR) is 148 cm³/mol. The summed E-state index contributed by atoms with van der Waals surface area (Å²) in [5.74, 6) is 1.20. The number of nitrogens with one attached hydrogen (secondary N) is 1. The van der Waals surface area contributed by atoms with Crippen molar-refractivity contribution >= 4 is 41.7 Å². The van der Waals surface area contributed by atoms with E-state index in [9.17, 15) is 9.90 Å². The van der Waals surface area contributed by atoms with Gasteiger partial charge in [0.15, 0.2) is 6.29 Å². The molecular formula is C26H40Cl2N2O6S. The Morgan fingerprint density at radius 2 is 1.95 bits per heavy atom. The third-order valence-corrected chi connectivity index (χ3v) is 8.65. The van der Waals surface area contributed by atoms with Gasteiger partial charge in [0.25, 0.3) is 0 Å². The van der Waals surface area contributed by atoms with Crippen molar-refractivity contribution < 1.29 is 28.8 Å². The molecule has 0 aromatic heterocycles. The summed E-state index contributed by atoms with van der Waals surface area (Å²) in [5, 5.41) is 13.7. The number of fused-ring (bicyclic) bond motifs is 1. The van der Waals surface area contributed by atoms with Crippen LogP contribution in [0.4, 0.5) is 0 Å². The van der Waals surface area contributed by atoms with Crippen LogP contribution in [0, 0.1) is 5.92 Å². The third-order valence-electron chi connectivity index (χ3n) is 7.53. The van der Waals surface area contributed by atoms with E-state index in [4.69, 9.17) is 30.5 Å². The highest BCUT2D eigenvalue weighted by atomic mass is 35.5. The number of alkyl halides is 1. The molecule has 4 rings (SSSR count). The van der Waals surface area contributed by atoms with Crippen LogP contribution in [0.3, 0.4) is 0 Å². The standard InChI is InChI=1S/C26H39ClN2O6S.ClH/c1-6-7-15-12-18(29(3)13-15)24(31)28-19(14(2)27)21-23-22(20(30)26(35-21)36-5)33-25(34-23)16-8-10-17(32-4)11-9-16;/h8-11,14-15,18-23,25-26,30H,6-7,12-13H2,1-5H3,(H,28,31);1H. The SMILES string of the molecule is CCCC1CC(C(=O)NC(C(C)Cl)C2OC(SC)C(O)C3OC(c4ccc(OC)cc4)OC32)N(C)C1.Cl. The van der Waals surface area contributed by atoms with Gasteiger partial charge in [0, 0.05) is 12.1 Å². The molecule has 11 heteroatoms. The maximum atomic E-state index is 13.4. The summed E-state index contributed by atoms with van der Waals surface area (Å²) in [6.45, 7) is 4.94. The Hall–Kier alpha value is -0.780. The number of ether oxygens (including phenoxy) is 4. The number of hydrogen-bond donors (Lipinski definition) is 2. The zero-order valence-corrected chi connectivity index (χ0v) is 24.4. The lowest BCUT2D eigenvalue weighted by molar-refractivity contribution is -0.167. The number of aliphatic hydroxyl groups excluding tert-OH is 1. The van der Waals surface area contributed by atoms with Crippen molar-refractivity contribution in [2.75, 3.05) is 27.0 Å². The number of halogens is 2. The summed E-state index contributed by atoms with van der Waals surface area (Å²) in [4.78, 5) is 15.5. The fourth-order valence-corrected chi connectivity index (χ4v) is 6.51. The average molecular weight is 580 g/mol. The lowest BCUT2D eigenvalue weighted by atomic mass is 9.92. The summed E-state index contributed by atoms with van der Waals surface area (Å²) in [7, 11) is 3.61. The molecule has 10 unspecified atom stereocenters. The van der Waals surface area contributed by atoms with Gasteiger partial charge in [-0.3, -0.25) is 9.69 Å². The Kier molecular flexibility index (Phi) is 11.2. The van der Waals surface area contributed by atoms with E-state index in [1.54, 1.807) is 7.11 Å². The molecule has 0 aliphatic carbocycles. The number of aliphatic hydroxyl groups is 1. The second kappa shape index (κ2) is 13.5. The molecule has 1 amide bonds. The van der Waals surface area contributed by atoms with Gasteiger partial charge in [0.2, 0.25) is 5.91 Å². The number of benzene rings is 1. The summed E-state index contributed by atoms with van der Waals surface area (Å²) >= 11 is 8.06. The second-order valence-corrected chi connectivity index (χ2v) is 11.7. The number of hydrogen-bond acceptors (Lipinski definition) is 8. The van der Waals surface area contributed by atoms with Crippen molar-refractivity contribution in [1.82, 2.24) is 10.2 Å². The number of rotatable bonds is 9. The monoisotopic (exact) mass is 578 g/mol. The minimum atomic E-state index is -0.887. The number of carbonyl (C=O) groups excluding carboxylic acids is 1. The molecule has 8 nitrogen and oxygen atoms in total. The normalized spacial score (nSPS) is 35.3. The van der Waals surface area contributed by atoms with Crippen LogP contribution in [-0.4, -0.2) is 90.2 Å². The van der Waals surface area contributed by atoms with E-state index in [1.165, 1.54) is 11.8 Å². The Bertz CT molecular complexity index is 881. The van der Waals surface area contributed by atoms with Gasteiger partial charge in [0.05, 0.1) is 24.6 Å². The molecule has 37 heavy (non-hydrogen) atoms. The quantitative estimate of drug-likeness (QED) is 0.430. The first-order chi connectivity index (χ1) is 17.3. The molecule has 0 spiro atoms. The minimum Gasteiger partial charge on any atom is -0.497 e. The Morgan fingerprint density at radius 3 is 2.54 bits per heavy atom. The van der Waals surface area contributed by atoms with E-state index in [2.05, 4.69) is 17.1 Å². The summed E-state index contributed by atoms with van der Waals surface area (Å²) in [6.07, 6.45) is 1.56. The van der Waals surface area contributed by atoms with E-state index in [1.807, 2.05) is 44.5 Å². The lowest BCUT2D eigenvalue weighted by Crippen LogP contribution is -2.64. The lowest BCUT2D eigenvalue weighted by Gasteiger charge is -2.43. The van der Waals surface area contributed by atoms with Gasteiger partial charge in [-0.15, -0.1) is 35.8 Å². The van der Waals surface area contributed by atoms with Crippen LogP contribution in [0.15, 0.2) is 24.3 Å². The van der Waals surface area contributed by atoms with Gasteiger partial charge in [-0.25, -0.2) is 0 Å². The maximum Gasteiger partial charge on any atom is 0.237 e. The molecule has 0 saturated carbocycles. The van der Waals surface area contributed by atoms with Crippen molar-refractivity contribution in [2.24, 2.45) is 5.92 Å². The number of thioether (sulfide) groups is 1. The summed E-state index contributed by atoms with van der Waals surface area (Å²) in [6, 6.07) is 6.71. The van der Waals surface area contributed by atoms with Crippen molar-refractivity contribution in [3.05, 3.63) is 29.8 Å². The summed E-state index contributed by atoms with van der Waals surface area (Å²) in [5.41, 5.74) is 0.276. The third kappa shape index (κ3) is 6.69. The molecule has 0 radical (unpaired) electrons. The van der Waals surface area contributed by atoms with Gasteiger partial charge in [-0.1, -0.05) is 25.5 Å². The molecule has 3 heterocycles. The van der Waals surface area contributed by atoms with E-state index in [0.29, 0.717) is 5.92 Å². The molecule has 2 N–H and O–H groups in total. The van der Waals surface area contributed by atoms with Crippen LogP contribution < -0.4 is 10.1 Å². The predicted octanol–water partition coefficient (Wildman–Crippen LogP) is 3.58. The first-order valence-electron chi connectivity index (χ1n) is 12.7. The average Bonchev–Trinajstić information content (AvgIpc) is 3.47. The molecule has 0 bridgehead atoms. The highest BCUT2D eigenvalue weighted by Gasteiger charge is 2.55. The smallest absolute Gasteiger partial charge is 0.237 e. The van der Waals surface area contributed by atoms with Crippen LogP contribution in [0.5, 0.6) is 5.75 Å². The van der Waals surface area contributed by atoms with Crippen LogP contribution in [0.2, 0.25) is 0 Å². The first kappa shape index (κ1) is 30.8. The molecular weight excluding hydrogens is 539 g/mol. The Morgan fingerprint density at radius 1 is 1.27 bits per heavy atom. The topological polar surface area (TPSA) is 89.5 Å². The zero-order chi connectivity index (χ0) is 26.0. The van der Waals surface area contributed by atoms with E-state index in [0.717, 1.165) is 37.1 Å². The van der Waals surface area contributed by atoms with Crippen LogP contribution in [-0.2, 0) is 19.0 Å². The van der Waals surface area contributed by atoms with Crippen molar-refractivity contribution in [3.8, 4) is 5.75 Å². The fraction of sp³-hybridized carbons (Fsp3) is 0.731. The van der Waals surface area contributed by atoms with E-state index < -0.39 is 47.6 Å². The molecule has 210 valence electrons. The van der Waals surface area contributed by atoms with Crippen molar-refractivity contribution in [2.45, 2.75) is 86.7 Å². The summed E-state index contributed by atoms with van der Waals surface area (Å²) < 4.78 is 24.1. The Labute approximate surface area is 235 Å². The van der Waals surface area contributed by atoms with Gasteiger partial charge in [-0.2, -0.15) is 0 Å².